The average molecular weight is 496 g/mol. The van der Waals surface area contributed by atoms with Crippen molar-refractivity contribution in [3.05, 3.63) is 77.9 Å². The molecule has 4 aromatic rings. The van der Waals surface area contributed by atoms with Crippen molar-refractivity contribution >= 4 is 21.8 Å². The van der Waals surface area contributed by atoms with Crippen LogP contribution in [0.3, 0.4) is 0 Å². The molecule has 0 radical (unpaired) electrons. The van der Waals surface area contributed by atoms with E-state index >= 15 is 0 Å². The van der Waals surface area contributed by atoms with Gasteiger partial charge in [0.05, 0.1) is 11.0 Å². The first-order valence-corrected chi connectivity index (χ1v) is 14.7. The average Bonchev–Trinajstić information content (AvgIpc) is 3.16. The predicted octanol–water partition coefficient (Wildman–Crippen LogP) is 10.9. The summed E-state index contributed by atoms with van der Waals surface area (Å²) in [5.41, 5.74) is 7.41. The van der Waals surface area contributed by atoms with Crippen LogP contribution in [0, 0.1) is 16.7 Å². The van der Waals surface area contributed by atoms with Crippen LogP contribution in [0.25, 0.3) is 27.5 Å². The molecule has 0 aliphatic carbocycles. The van der Waals surface area contributed by atoms with Crippen molar-refractivity contribution in [1.29, 1.82) is 0 Å². The Labute approximate surface area is 226 Å². The van der Waals surface area contributed by atoms with Gasteiger partial charge in [0.2, 0.25) is 0 Å². The second-order valence-electron chi connectivity index (χ2n) is 13.4. The van der Waals surface area contributed by atoms with Gasteiger partial charge in [0.25, 0.3) is 0 Å². The number of rotatable bonds is 12. The Morgan fingerprint density at radius 2 is 1.22 bits per heavy atom. The molecular weight excluding hydrogens is 446 g/mol. The highest BCUT2D eigenvalue weighted by atomic mass is 15.0. The molecule has 0 fully saturated rings. The fourth-order valence-electron chi connectivity index (χ4n) is 6.01. The fraction of sp³-hybridized carbons (Fsp3) is 0.500. The Morgan fingerprint density at radius 3 is 1.73 bits per heavy atom. The van der Waals surface area contributed by atoms with Crippen LogP contribution in [0.4, 0.5) is 0 Å². The number of aromatic nitrogens is 1. The Hall–Kier alpha value is -2.54. The fourth-order valence-corrected chi connectivity index (χ4v) is 6.01. The summed E-state index contributed by atoms with van der Waals surface area (Å²) >= 11 is 0. The van der Waals surface area contributed by atoms with Crippen LogP contribution >= 0.6 is 0 Å². The van der Waals surface area contributed by atoms with Crippen LogP contribution in [0.5, 0.6) is 0 Å². The lowest BCUT2D eigenvalue weighted by molar-refractivity contribution is 0.302. The summed E-state index contributed by atoms with van der Waals surface area (Å²) in [6, 6.07) is 25.3. The lowest BCUT2D eigenvalue weighted by atomic mass is 9.80. The predicted molar refractivity (Wildman–Crippen MR) is 164 cm³/mol. The molecule has 37 heavy (non-hydrogen) atoms. The van der Waals surface area contributed by atoms with Gasteiger partial charge in [-0.1, -0.05) is 104 Å². The van der Waals surface area contributed by atoms with Gasteiger partial charge >= 0.3 is 0 Å². The van der Waals surface area contributed by atoms with Gasteiger partial charge in [-0.15, -0.1) is 0 Å². The van der Waals surface area contributed by atoms with E-state index in [1.807, 2.05) is 0 Å². The molecular formula is C36H49N. The number of hydrogen-bond acceptors (Lipinski definition) is 0. The molecule has 1 heterocycles. The number of unbranched alkanes of at least 4 members (excludes halogenated alkanes) is 2. The zero-order chi connectivity index (χ0) is 26.6. The van der Waals surface area contributed by atoms with Crippen LogP contribution in [0.15, 0.2) is 66.7 Å². The van der Waals surface area contributed by atoms with Crippen LogP contribution < -0.4 is 0 Å². The molecule has 0 aliphatic rings. The Bertz CT molecular complexity index is 1300. The summed E-state index contributed by atoms with van der Waals surface area (Å²) in [5.74, 6) is 0.759. The first kappa shape index (κ1) is 27.5. The minimum atomic E-state index is 0.309. The molecule has 0 N–H and O–H groups in total. The second-order valence-corrected chi connectivity index (χ2v) is 13.4. The van der Waals surface area contributed by atoms with E-state index in [2.05, 4.69) is 120 Å². The SMILES string of the molecule is CCCCCC(C)(C)Cc1ccc2c(c1)c1cc(CC(C)(C)CCC(C)C)ccc1n2-c1ccccc1. The first-order valence-electron chi connectivity index (χ1n) is 14.7. The topological polar surface area (TPSA) is 4.93 Å². The highest BCUT2D eigenvalue weighted by molar-refractivity contribution is 6.09. The summed E-state index contributed by atoms with van der Waals surface area (Å²) in [6.45, 7) is 16.7. The van der Waals surface area contributed by atoms with Gasteiger partial charge in [-0.3, -0.25) is 0 Å². The minimum Gasteiger partial charge on any atom is -0.309 e. The molecule has 0 amide bonds. The van der Waals surface area contributed by atoms with Gasteiger partial charge < -0.3 is 4.57 Å². The molecule has 1 aromatic heterocycles. The van der Waals surface area contributed by atoms with Crippen molar-refractivity contribution < 1.29 is 0 Å². The molecule has 0 aliphatic heterocycles. The van der Waals surface area contributed by atoms with Crippen molar-refractivity contribution in [2.75, 3.05) is 0 Å². The second kappa shape index (κ2) is 11.5. The van der Waals surface area contributed by atoms with Gasteiger partial charge in [-0.25, -0.2) is 0 Å². The third kappa shape index (κ3) is 6.86. The van der Waals surface area contributed by atoms with Gasteiger partial charge in [0.1, 0.15) is 0 Å². The molecule has 1 nitrogen and oxygen atoms in total. The summed E-state index contributed by atoms with van der Waals surface area (Å²) in [4.78, 5) is 0. The highest BCUT2D eigenvalue weighted by Crippen LogP contribution is 2.37. The summed E-state index contributed by atoms with van der Waals surface area (Å²) in [7, 11) is 0. The molecule has 1 heteroatoms. The molecule has 0 atom stereocenters. The Kier molecular flexibility index (Phi) is 8.52. The van der Waals surface area contributed by atoms with E-state index in [9.17, 15) is 0 Å². The number of para-hydroxylation sites is 1. The Morgan fingerprint density at radius 1 is 0.676 bits per heavy atom. The summed E-state index contributed by atoms with van der Waals surface area (Å²) in [6.07, 6.45) is 10.1. The van der Waals surface area contributed by atoms with E-state index in [4.69, 9.17) is 0 Å². The lowest BCUT2D eigenvalue weighted by Crippen LogP contribution is -2.16. The van der Waals surface area contributed by atoms with E-state index in [0.717, 1.165) is 18.8 Å². The normalized spacial score (nSPS) is 12.8. The largest absolute Gasteiger partial charge is 0.309 e. The Balaban J connectivity index is 1.77. The molecule has 4 rings (SSSR count). The number of fused-ring (bicyclic) bond motifs is 3. The molecule has 0 spiro atoms. The van der Waals surface area contributed by atoms with Gasteiger partial charge in [0.15, 0.2) is 0 Å². The van der Waals surface area contributed by atoms with Gasteiger partial charge in [0, 0.05) is 16.5 Å². The highest BCUT2D eigenvalue weighted by Gasteiger charge is 2.22. The molecule has 3 aromatic carbocycles. The monoisotopic (exact) mass is 495 g/mol. The zero-order valence-electron chi connectivity index (χ0n) is 24.5. The van der Waals surface area contributed by atoms with Crippen LogP contribution in [-0.2, 0) is 12.8 Å². The van der Waals surface area contributed by atoms with Crippen molar-refractivity contribution in [1.82, 2.24) is 4.57 Å². The van der Waals surface area contributed by atoms with Crippen molar-refractivity contribution in [2.24, 2.45) is 16.7 Å². The summed E-state index contributed by atoms with van der Waals surface area (Å²) in [5, 5.41) is 2.78. The minimum absolute atomic E-state index is 0.309. The van der Waals surface area contributed by atoms with E-state index in [1.54, 1.807) is 0 Å². The van der Waals surface area contributed by atoms with Crippen molar-refractivity contribution in [3.8, 4) is 5.69 Å². The number of benzene rings is 3. The molecule has 198 valence electrons. The van der Waals surface area contributed by atoms with Crippen LogP contribution in [-0.4, -0.2) is 4.57 Å². The third-order valence-electron chi connectivity index (χ3n) is 8.13. The number of nitrogens with zero attached hydrogens (tertiary/aromatic N) is 1. The van der Waals surface area contributed by atoms with Gasteiger partial charge in [-0.2, -0.15) is 0 Å². The molecule has 0 bridgehead atoms. The van der Waals surface area contributed by atoms with Gasteiger partial charge in [-0.05, 0) is 90.0 Å². The van der Waals surface area contributed by atoms with Crippen molar-refractivity contribution in [3.63, 3.8) is 0 Å². The summed E-state index contributed by atoms with van der Waals surface area (Å²) < 4.78 is 2.45. The quantitative estimate of drug-likeness (QED) is 0.172. The van der Waals surface area contributed by atoms with E-state index in [1.165, 1.54) is 77.1 Å². The van der Waals surface area contributed by atoms with E-state index in [-0.39, 0.29) is 0 Å². The maximum Gasteiger partial charge on any atom is 0.0541 e. The van der Waals surface area contributed by atoms with Crippen LogP contribution in [0.2, 0.25) is 0 Å². The van der Waals surface area contributed by atoms with Crippen molar-refractivity contribution in [2.45, 2.75) is 99.8 Å². The molecule has 0 saturated carbocycles. The number of hydrogen-bond donors (Lipinski definition) is 0. The molecule has 0 unspecified atom stereocenters. The van der Waals surface area contributed by atoms with Crippen LogP contribution in [0.1, 0.15) is 98.1 Å². The standard InChI is InChI=1S/C36H49N/c1-8-9-13-21-35(4,5)25-28-16-18-33-31(23-28)32-24-29(26-36(6,7)22-20-27(2)3)17-19-34(32)37(33)30-14-11-10-12-15-30/h10-12,14-19,23-24,27H,8-9,13,20-22,25-26H2,1-7H3. The third-order valence-corrected chi connectivity index (χ3v) is 8.13. The first-order chi connectivity index (χ1) is 17.6. The lowest BCUT2D eigenvalue weighted by Gasteiger charge is -2.26. The molecule has 0 saturated heterocycles. The zero-order valence-corrected chi connectivity index (χ0v) is 24.5. The maximum atomic E-state index is 2.49. The van der Waals surface area contributed by atoms with E-state index in [0.29, 0.717) is 10.8 Å². The smallest absolute Gasteiger partial charge is 0.0541 e. The van der Waals surface area contributed by atoms with E-state index < -0.39 is 0 Å². The maximum absolute atomic E-state index is 2.49.